The van der Waals surface area contributed by atoms with Gasteiger partial charge in [0.2, 0.25) is 5.95 Å². The van der Waals surface area contributed by atoms with Crippen molar-refractivity contribution in [2.75, 3.05) is 29.6 Å². The Bertz CT molecular complexity index is 845. The van der Waals surface area contributed by atoms with Crippen molar-refractivity contribution in [3.8, 4) is 0 Å². The first-order chi connectivity index (χ1) is 13.8. The van der Waals surface area contributed by atoms with Gasteiger partial charge in [0.1, 0.15) is 5.82 Å². The molecule has 1 saturated carbocycles. The average Bonchev–Trinajstić information content (AvgIpc) is 2.66. The van der Waals surface area contributed by atoms with E-state index in [4.69, 9.17) is 35.4 Å². The van der Waals surface area contributed by atoms with Gasteiger partial charge in [-0.3, -0.25) is 0 Å². The highest BCUT2D eigenvalue weighted by atomic mass is 35.5. The van der Waals surface area contributed by atoms with Gasteiger partial charge in [-0.15, -0.1) is 0 Å². The number of thiocarbonyl (C=S) groups is 1. The molecule has 1 heterocycles. The van der Waals surface area contributed by atoms with Gasteiger partial charge in [-0.2, -0.15) is 4.98 Å². The molecule has 1 aromatic carbocycles. The Morgan fingerprint density at radius 1 is 1.14 bits per heavy atom. The first-order valence-electron chi connectivity index (χ1n) is 9.62. The number of aryl methyl sites for hydroxylation is 1. The number of hydrogen-bond donors (Lipinski definition) is 3. The van der Waals surface area contributed by atoms with Crippen molar-refractivity contribution in [2.24, 2.45) is 0 Å². The van der Waals surface area contributed by atoms with Crippen LogP contribution < -0.4 is 20.9 Å². The molecule has 3 N–H and O–H groups in total. The van der Waals surface area contributed by atoms with E-state index in [1.165, 1.54) is 0 Å². The van der Waals surface area contributed by atoms with Crippen LogP contribution in [0, 0.1) is 6.92 Å². The van der Waals surface area contributed by atoms with Crippen molar-refractivity contribution < 1.29 is 0 Å². The summed E-state index contributed by atoms with van der Waals surface area (Å²) in [6.45, 7) is 1.95. The first kappa shape index (κ1) is 21.9. The summed E-state index contributed by atoms with van der Waals surface area (Å²) in [5.74, 6) is 1.57. The third-order valence-corrected chi connectivity index (χ3v) is 5.72. The topological polar surface area (TPSA) is 65.1 Å². The molecule has 156 valence electrons. The van der Waals surface area contributed by atoms with E-state index < -0.39 is 0 Å². The van der Waals surface area contributed by atoms with E-state index >= 15 is 0 Å². The van der Waals surface area contributed by atoms with Crippen LogP contribution in [0.15, 0.2) is 24.4 Å². The Labute approximate surface area is 187 Å². The number of benzene rings is 1. The maximum Gasteiger partial charge on any atom is 0.224 e. The van der Waals surface area contributed by atoms with Crippen LogP contribution in [0.2, 0.25) is 10.0 Å². The third-order valence-electron chi connectivity index (χ3n) is 4.99. The van der Waals surface area contributed by atoms with E-state index in [0.717, 1.165) is 42.8 Å². The van der Waals surface area contributed by atoms with Crippen molar-refractivity contribution in [3.63, 3.8) is 0 Å². The summed E-state index contributed by atoms with van der Waals surface area (Å²) in [4.78, 5) is 10.8. The van der Waals surface area contributed by atoms with E-state index in [1.807, 2.05) is 38.1 Å². The average molecular weight is 453 g/mol. The quantitative estimate of drug-likeness (QED) is 0.559. The normalized spacial score (nSPS) is 18.8. The van der Waals surface area contributed by atoms with Gasteiger partial charge in [0, 0.05) is 37.4 Å². The maximum atomic E-state index is 6.29. The monoisotopic (exact) mass is 452 g/mol. The van der Waals surface area contributed by atoms with Crippen molar-refractivity contribution >= 4 is 58.0 Å². The lowest BCUT2D eigenvalue weighted by Gasteiger charge is -2.30. The number of anilines is 3. The van der Waals surface area contributed by atoms with Gasteiger partial charge >= 0.3 is 0 Å². The lowest BCUT2D eigenvalue weighted by Crippen LogP contribution is -2.42. The molecule has 29 heavy (non-hydrogen) atoms. The van der Waals surface area contributed by atoms with Crippen LogP contribution in [0.25, 0.3) is 0 Å². The van der Waals surface area contributed by atoms with E-state index in [2.05, 4.69) is 25.9 Å². The predicted octanol–water partition coefficient (Wildman–Crippen LogP) is 4.87. The summed E-state index contributed by atoms with van der Waals surface area (Å²) in [5.41, 5.74) is 1.75. The minimum atomic E-state index is 0.327. The molecule has 1 aliphatic rings. The fraction of sp³-hybridized carbons (Fsp3) is 0.450. The molecule has 0 radical (unpaired) electrons. The first-order valence-corrected chi connectivity index (χ1v) is 10.8. The summed E-state index contributed by atoms with van der Waals surface area (Å²) in [5, 5.41) is 11.8. The zero-order chi connectivity index (χ0) is 21.0. The fourth-order valence-electron chi connectivity index (χ4n) is 3.43. The molecule has 1 aromatic heterocycles. The van der Waals surface area contributed by atoms with Crippen molar-refractivity contribution in [1.29, 1.82) is 0 Å². The Hall–Kier alpha value is -1.83. The molecule has 1 fully saturated rings. The Morgan fingerprint density at radius 3 is 2.48 bits per heavy atom. The van der Waals surface area contributed by atoms with Crippen LogP contribution in [0.3, 0.4) is 0 Å². The highest BCUT2D eigenvalue weighted by Gasteiger charge is 2.22. The number of nitrogens with one attached hydrogen (secondary N) is 3. The molecular formula is C20H26Cl2N6S. The molecule has 0 spiro atoms. The second kappa shape index (κ2) is 9.78. The van der Waals surface area contributed by atoms with Crippen molar-refractivity contribution in [2.45, 2.75) is 44.7 Å². The smallest absolute Gasteiger partial charge is 0.224 e. The molecule has 9 heteroatoms. The summed E-state index contributed by atoms with van der Waals surface area (Å²) < 4.78 is 0. The van der Waals surface area contributed by atoms with Crippen LogP contribution in [-0.4, -0.2) is 41.3 Å². The molecule has 3 rings (SSSR count). The van der Waals surface area contributed by atoms with Gasteiger partial charge in [-0.1, -0.05) is 23.2 Å². The third kappa shape index (κ3) is 6.07. The number of nitrogens with zero attached hydrogens (tertiary/aromatic N) is 3. The van der Waals surface area contributed by atoms with E-state index in [1.54, 1.807) is 12.3 Å². The van der Waals surface area contributed by atoms with Crippen LogP contribution in [-0.2, 0) is 0 Å². The molecule has 0 unspecified atom stereocenters. The van der Waals surface area contributed by atoms with Crippen LogP contribution in [0.1, 0.15) is 31.2 Å². The Balaban J connectivity index is 1.48. The second-order valence-corrected chi connectivity index (χ2v) is 8.76. The van der Waals surface area contributed by atoms with E-state index in [9.17, 15) is 0 Å². The second-order valence-electron chi connectivity index (χ2n) is 7.50. The number of aromatic nitrogens is 2. The zero-order valence-corrected chi connectivity index (χ0v) is 19.1. The van der Waals surface area contributed by atoms with Gasteiger partial charge in [-0.05, 0) is 68.6 Å². The van der Waals surface area contributed by atoms with E-state index in [0.29, 0.717) is 33.2 Å². The summed E-state index contributed by atoms with van der Waals surface area (Å²) in [7, 11) is 3.94. The molecule has 1 aliphatic carbocycles. The molecule has 0 saturated heterocycles. The molecule has 0 aliphatic heterocycles. The molecule has 6 nitrogen and oxygen atoms in total. The molecule has 2 aromatic rings. The summed E-state index contributed by atoms with van der Waals surface area (Å²) in [6.07, 6.45) is 5.86. The van der Waals surface area contributed by atoms with Crippen molar-refractivity contribution in [3.05, 3.63) is 40.0 Å². The number of halogens is 2. The lowest BCUT2D eigenvalue weighted by molar-refractivity contribution is 0.387. The SMILES string of the molecule is Cc1cc(Cl)cc(Cl)c1NC(=S)NC1CCC(Nc2nccc(N(C)C)n2)CC1. The van der Waals surface area contributed by atoms with E-state index in [-0.39, 0.29) is 0 Å². The highest BCUT2D eigenvalue weighted by molar-refractivity contribution is 7.80. The largest absolute Gasteiger partial charge is 0.363 e. The Morgan fingerprint density at radius 2 is 1.83 bits per heavy atom. The summed E-state index contributed by atoms with van der Waals surface area (Å²) in [6, 6.07) is 6.16. The standard InChI is InChI=1S/C20H26Cl2N6S/c1-12-10-13(21)11-16(22)18(12)27-20(29)25-15-6-4-14(5-7-15)24-19-23-9-8-17(26-19)28(2)3/h8-11,14-15H,4-7H2,1-3H3,(H,23,24,26)(H2,25,27,29). The van der Waals surface area contributed by atoms with Gasteiger partial charge in [0.25, 0.3) is 0 Å². The zero-order valence-electron chi connectivity index (χ0n) is 16.8. The molecule has 0 atom stereocenters. The van der Waals surface area contributed by atoms with Gasteiger partial charge in [0.05, 0.1) is 10.7 Å². The van der Waals surface area contributed by atoms with Gasteiger partial charge in [-0.25, -0.2) is 4.98 Å². The van der Waals surface area contributed by atoms with Crippen LogP contribution in [0.5, 0.6) is 0 Å². The summed E-state index contributed by atoms with van der Waals surface area (Å²) >= 11 is 17.8. The van der Waals surface area contributed by atoms with Gasteiger partial charge in [0.15, 0.2) is 5.11 Å². The van der Waals surface area contributed by atoms with Gasteiger partial charge < -0.3 is 20.9 Å². The minimum Gasteiger partial charge on any atom is -0.363 e. The number of rotatable bonds is 5. The predicted molar refractivity (Wildman–Crippen MR) is 127 cm³/mol. The molecule has 0 bridgehead atoms. The van der Waals surface area contributed by atoms with Crippen LogP contribution in [0.4, 0.5) is 17.5 Å². The highest BCUT2D eigenvalue weighted by Crippen LogP contribution is 2.30. The Kier molecular flexibility index (Phi) is 7.38. The minimum absolute atomic E-state index is 0.327. The molecule has 0 amide bonds. The van der Waals surface area contributed by atoms with Crippen LogP contribution >= 0.6 is 35.4 Å². The van der Waals surface area contributed by atoms with Crippen molar-refractivity contribution in [1.82, 2.24) is 15.3 Å². The maximum absolute atomic E-state index is 6.29. The molecular weight excluding hydrogens is 427 g/mol. The lowest BCUT2D eigenvalue weighted by atomic mass is 9.91. The number of hydrogen-bond acceptors (Lipinski definition) is 5. The fourth-order valence-corrected chi connectivity index (χ4v) is 4.34.